The number of benzene rings is 1. The smallest absolute Gasteiger partial charge is 0.307 e. The molecule has 162 valence electrons. The molecule has 0 saturated heterocycles. The Morgan fingerprint density at radius 3 is 2.58 bits per heavy atom. The van der Waals surface area contributed by atoms with E-state index in [9.17, 15) is 9.90 Å². The van der Waals surface area contributed by atoms with Gasteiger partial charge in [0.15, 0.2) is 0 Å². The molecule has 2 aromatic heterocycles. The Bertz CT molecular complexity index is 1130. The second kappa shape index (κ2) is 8.14. The Labute approximate surface area is 184 Å². The molecule has 2 aliphatic carbocycles. The van der Waals surface area contributed by atoms with Crippen molar-refractivity contribution in [2.24, 2.45) is 5.92 Å². The van der Waals surface area contributed by atoms with E-state index in [-0.39, 0.29) is 11.8 Å². The second-order valence-electron chi connectivity index (χ2n) is 9.57. The molecule has 31 heavy (non-hydrogen) atoms. The maximum absolute atomic E-state index is 11.7. The summed E-state index contributed by atoms with van der Waals surface area (Å²) >= 11 is 0. The molecular formula is C27H32N2O2. The largest absolute Gasteiger partial charge is 0.481 e. The predicted octanol–water partition coefficient (Wildman–Crippen LogP) is 5.94. The average molecular weight is 417 g/mol. The molecule has 0 aliphatic heterocycles. The molecule has 1 N–H and O–H groups in total. The highest BCUT2D eigenvalue weighted by molar-refractivity contribution is 5.86. The number of aliphatic carboxylic acids is 1. The number of hydrogen-bond acceptors (Lipinski definition) is 2. The molecule has 2 atom stereocenters. The fourth-order valence-electron chi connectivity index (χ4n) is 6.02. The maximum atomic E-state index is 11.7. The van der Waals surface area contributed by atoms with Crippen molar-refractivity contribution in [3.05, 3.63) is 64.0 Å². The minimum Gasteiger partial charge on any atom is -0.481 e. The van der Waals surface area contributed by atoms with Crippen LogP contribution in [0.1, 0.15) is 78.1 Å². The van der Waals surface area contributed by atoms with Gasteiger partial charge in [0.1, 0.15) is 5.65 Å². The monoisotopic (exact) mass is 416 g/mol. The molecule has 2 aliphatic rings. The number of rotatable bonds is 4. The Hall–Kier alpha value is -2.62. The normalized spacial score (nSPS) is 21.2. The van der Waals surface area contributed by atoms with E-state index in [0.717, 1.165) is 56.4 Å². The van der Waals surface area contributed by atoms with E-state index in [1.807, 2.05) is 0 Å². The number of carboxylic acid groups (broad SMARTS) is 1. The summed E-state index contributed by atoms with van der Waals surface area (Å²) in [5.41, 5.74) is 8.96. The van der Waals surface area contributed by atoms with Crippen LogP contribution in [0.4, 0.5) is 0 Å². The van der Waals surface area contributed by atoms with Crippen molar-refractivity contribution in [2.75, 3.05) is 0 Å². The fourth-order valence-corrected chi connectivity index (χ4v) is 6.02. The van der Waals surface area contributed by atoms with Gasteiger partial charge in [0.05, 0.1) is 5.92 Å². The number of pyridine rings is 1. The Morgan fingerprint density at radius 1 is 1.06 bits per heavy atom. The van der Waals surface area contributed by atoms with Crippen molar-refractivity contribution in [2.45, 2.75) is 77.7 Å². The highest BCUT2D eigenvalue weighted by atomic mass is 16.4. The molecule has 1 saturated carbocycles. The Morgan fingerprint density at radius 2 is 1.81 bits per heavy atom. The van der Waals surface area contributed by atoms with Crippen LogP contribution in [0.15, 0.2) is 30.3 Å². The van der Waals surface area contributed by atoms with Crippen molar-refractivity contribution in [3.8, 4) is 0 Å². The van der Waals surface area contributed by atoms with Crippen LogP contribution in [0.2, 0.25) is 0 Å². The van der Waals surface area contributed by atoms with Crippen molar-refractivity contribution in [3.63, 3.8) is 0 Å². The molecule has 1 fully saturated rings. The molecule has 0 amide bonds. The summed E-state index contributed by atoms with van der Waals surface area (Å²) in [6, 6.07) is 10.9. The van der Waals surface area contributed by atoms with Crippen molar-refractivity contribution in [1.29, 1.82) is 0 Å². The standard InChI is InChI=1S/C27H32N2O2/c1-17-15-18(2)28-26-25(17)23-9-5-6-10-24(23)29(26)16-19-11-13-20(14-12-19)21-7-3-4-8-22(21)27(30)31/h11-15,21-22H,3-10,16H2,1-2H3,(H,30,31)/t21-,22+/m1/s1. The third-order valence-electron chi connectivity index (χ3n) is 7.48. The number of nitrogens with zero attached hydrogens (tertiary/aromatic N) is 2. The van der Waals surface area contributed by atoms with Crippen LogP contribution >= 0.6 is 0 Å². The topological polar surface area (TPSA) is 55.1 Å². The van der Waals surface area contributed by atoms with Crippen LogP contribution in [-0.2, 0) is 24.2 Å². The van der Waals surface area contributed by atoms with Gasteiger partial charge in [0.2, 0.25) is 0 Å². The minimum atomic E-state index is -0.643. The summed E-state index contributed by atoms with van der Waals surface area (Å²) in [7, 11) is 0. The second-order valence-corrected chi connectivity index (χ2v) is 9.57. The van der Waals surface area contributed by atoms with E-state index in [2.05, 4.69) is 48.7 Å². The molecule has 0 spiro atoms. The molecule has 5 rings (SSSR count). The molecule has 3 aromatic rings. The van der Waals surface area contributed by atoms with E-state index in [4.69, 9.17) is 4.98 Å². The fraction of sp³-hybridized carbons (Fsp3) is 0.481. The summed E-state index contributed by atoms with van der Waals surface area (Å²) in [5, 5.41) is 11.0. The van der Waals surface area contributed by atoms with E-state index < -0.39 is 5.97 Å². The van der Waals surface area contributed by atoms with Gasteiger partial charge in [0, 0.05) is 23.3 Å². The van der Waals surface area contributed by atoms with E-state index in [0.29, 0.717) is 0 Å². The van der Waals surface area contributed by atoms with Crippen LogP contribution in [0, 0.1) is 19.8 Å². The van der Waals surface area contributed by atoms with E-state index >= 15 is 0 Å². The van der Waals surface area contributed by atoms with Crippen LogP contribution < -0.4 is 0 Å². The Balaban J connectivity index is 1.49. The minimum absolute atomic E-state index is 0.146. The first-order chi connectivity index (χ1) is 15.0. The van der Waals surface area contributed by atoms with Crippen molar-refractivity contribution < 1.29 is 9.90 Å². The molecular weight excluding hydrogens is 384 g/mol. The number of fused-ring (bicyclic) bond motifs is 3. The lowest BCUT2D eigenvalue weighted by molar-refractivity contribution is -0.143. The molecule has 4 nitrogen and oxygen atoms in total. The lowest BCUT2D eigenvalue weighted by atomic mass is 9.75. The van der Waals surface area contributed by atoms with E-state index in [1.54, 1.807) is 0 Å². The molecule has 4 heteroatoms. The van der Waals surface area contributed by atoms with Crippen LogP contribution in [0.25, 0.3) is 11.0 Å². The van der Waals surface area contributed by atoms with Gasteiger partial charge >= 0.3 is 5.97 Å². The van der Waals surface area contributed by atoms with E-state index in [1.165, 1.54) is 46.2 Å². The van der Waals surface area contributed by atoms with Crippen LogP contribution in [0.5, 0.6) is 0 Å². The zero-order chi connectivity index (χ0) is 21.5. The number of aryl methyl sites for hydroxylation is 3. The zero-order valence-corrected chi connectivity index (χ0v) is 18.7. The van der Waals surface area contributed by atoms with Gasteiger partial charge in [-0.15, -0.1) is 0 Å². The average Bonchev–Trinajstić information content (AvgIpc) is 3.08. The molecule has 0 bridgehead atoms. The summed E-state index contributed by atoms with van der Waals surface area (Å²) in [4.78, 5) is 16.7. The SMILES string of the molecule is Cc1cc(C)c2c3c(n(Cc4ccc([C@H]5CCCC[C@@H]5C(=O)O)cc4)c2n1)CCCC3. The van der Waals surface area contributed by atoms with Gasteiger partial charge < -0.3 is 9.67 Å². The van der Waals surface area contributed by atoms with Gasteiger partial charge in [-0.2, -0.15) is 0 Å². The lowest BCUT2D eigenvalue weighted by Crippen LogP contribution is -2.25. The molecule has 0 radical (unpaired) electrons. The highest BCUT2D eigenvalue weighted by Crippen LogP contribution is 2.38. The van der Waals surface area contributed by atoms with Crippen molar-refractivity contribution in [1.82, 2.24) is 9.55 Å². The third-order valence-corrected chi connectivity index (χ3v) is 7.48. The number of carbonyl (C=O) groups is 1. The number of hydrogen-bond donors (Lipinski definition) is 1. The quantitative estimate of drug-likeness (QED) is 0.573. The van der Waals surface area contributed by atoms with Crippen LogP contribution in [-0.4, -0.2) is 20.6 Å². The highest BCUT2D eigenvalue weighted by Gasteiger charge is 2.31. The first kappa shape index (κ1) is 20.3. The molecule has 1 aromatic carbocycles. The first-order valence-electron chi connectivity index (χ1n) is 11.8. The number of aromatic nitrogens is 2. The van der Waals surface area contributed by atoms with Gasteiger partial charge in [-0.1, -0.05) is 37.1 Å². The summed E-state index contributed by atoms with van der Waals surface area (Å²) in [6.45, 7) is 5.13. The van der Waals surface area contributed by atoms with Gasteiger partial charge in [-0.05, 0) is 86.6 Å². The van der Waals surface area contributed by atoms with Crippen molar-refractivity contribution >= 4 is 17.0 Å². The Kier molecular flexibility index (Phi) is 5.33. The first-order valence-corrected chi connectivity index (χ1v) is 11.8. The molecule has 0 unspecified atom stereocenters. The third kappa shape index (κ3) is 3.66. The van der Waals surface area contributed by atoms with Gasteiger partial charge in [0.25, 0.3) is 0 Å². The van der Waals surface area contributed by atoms with Crippen LogP contribution in [0.3, 0.4) is 0 Å². The maximum Gasteiger partial charge on any atom is 0.307 e. The summed E-state index contributed by atoms with van der Waals surface area (Å²) in [6.07, 6.45) is 8.73. The lowest BCUT2D eigenvalue weighted by Gasteiger charge is -2.29. The summed E-state index contributed by atoms with van der Waals surface area (Å²) < 4.78 is 2.44. The predicted molar refractivity (Wildman–Crippen MR) is 124 cm³/mol. The zero-order valence-electron chi connectivity index (χ0n) is 18.7. The van der Waals surface area contributed by atoms with Gasteiger partial charge in [-0.25, -0.2) is 4.98 Å². The number of carboxylic acids is 1. The summed E-state index contributed by atoms with van der Waals surface area (Å²) in [5.74, 6) is -0.737. The molecule has 2 heterocycles. The van der Waals surface area contributed by atoms with Gasteiger partial charge in [-0.3, -0.25) is 4.79 Å².